The first kappa shape index (κ1) is 18.2. The van der Waals surface area contributed by atoms with E-state index in [1.165, 1.54) is 6.07 Å². The zero-order chi connectivity index (χ0) is 19.7. The van der Waals surface area contributed by atoms with Crippen LogP contribution in [0.5, 0.6) is 5.75 Å². The Morgan fingerprint density at radius 1 is 1.18 bits per heavy atom. The van der Waals surface area contributed by atoms with E-state index in [9.17, 15) is 5.11 Å². The maximum absolute atomic E-state index is 10.4. The van der Waals surface area contributed by atoms with Gasteiger partial charge in [-0.05, 0) is 45.5 Å². The maximum atomic E-state index is 10.4. The minimum absolute atomic E-state index is 0.0410. The summed E-state index contributed by atoms with van der Waals surface area (Å²) < 4.78 is 0. The molecule has 0 aliphatic carbocycles. The maximum Gasteiger partial charge on any atom is 0.190 e. The van der Waals surface area contributed by atoms with Gasteiger partial charge in [-0.3, -0.25) is 0 Å². The number of fused-ring (bicyclic) bond motifs is 1. The van der Waals surface area contributed by atoms with Crippen molar-refractivity contribution in [2.75, 3.05) is 25.5 Å². The molecule has 3 aromatic rings. The lowest BCUT2D eigenvalue weighted by molar-refractivity contribution is 0.261. The number of aromatic hydroxyl groups is 1. The van der Waals surface area contributed by atoms with Crippen LogP contribution in [-0.2, 0) is 0 Å². The summed E-state index contributed by atoms with van der Waals surface area (Å²) in [6, 6.07) is 11.4. The standard InChI is InChI=1S/C22H23N5O/c1-14-6-8-17-19(11-14)22(24-16-5-4-10-27(3)13-16)26-25-21(17)18-9-7-15(23-2)12-20(18)28/h6-9,11-12,16,28H,4-5,10,13H2,1,3H3,(H,24,26)/t16-/m1/s1. The molecule has 1 aliphatic heterocycles. The van der Waals surface area contributed by atoms with Crippen molar-refractivity contribution in [2.45, 2.75) is 25.8 Å². The molecule has 2 aromatic carbocycles. The van der Waals surface area contributed by atoms with Crippen molar-refractivity contribution < 1.29 is 5.11 Å². The van der Waals surface area contributed by atoms with E-state index in [-0.39, 0.29) is 5.75 Å². The van der Waals surface area contributed by atoms with Crippen molar-refractivity contribution in [3.05, 3.63) is 53.4 Å². The molecular formula is C22H23N5O. The van der Waals surface area contributed by atoms with E-state index in [0.717, 1.165) is 48.1 Å². The predicted octanol–water partition coefficient (Wildman–Crippen LogP) is 4.37. The van der Waals surface area contributed by atoms with Gasteiger partial charge < -0.3 is 15.3 Å². The van der Waals surface area contributed by atoms with Gasteiger partial charge in [-0.1, -0.05) is 29.8 Å². The van der Waals surface area contributed by atoms with Gasteiger partial charge in [-0.2, -0.15) is 0 Å². The van der Waals surface area contributed by atoms with Crippen LogP contribution >= 0.6 is 0 Å². The summed E-state index contributed by atoms with van der Waals surface area (Å²) in [6.07, 6.45) is 2.28. The average molecular weight is 373 g/mol. The van der Waals surface area contributed by atoms with E-state index in [2.05, 4.69) is 45.3 Å². The van der Waals surface area contributed by atoms with Gasteiger partial charge >= 0.3 is 0 Å². The zero-order valence-electron chi connectivity index (χ0n) is 16.1. The van der Waals surface area contributed by atoms with E-state index in [4.69, 9.17) is 6.57 Å². The molecule has 6 heteroatoms. The van der Waals surface area contributed by atoms with Gasteiger partial charge in [0.25, 0.3) is 0 Å². The van der Waals surface area contributed by atoms with Crippen molar-refractivity contribution in [3.63, 3.8) is 0 Å². The molecule has 28 heavy (non-hydrogen) atoms. The largest absolute Gasteiger partial charge is 0.509 e. The Balaban J connectivity index is 1.79. The number of phenols is 1. The number of rotatable bonds is 3. The van der Waals surface area contributed by atoms with E-state index in [1.807, 2.05) is 12.1 Å². The van der Waals surface area contributed by atoms with Crippen molar-refractivity contribution in [1.82, 2.24) is 15.1 Å². The number of aryl methyl sites for hydroxylation is 1. The Labute approximate surface area is 164 Å². The van der Waals surface area contributed by atoms with Crippen LogP contribution in [-0.4, -0.2) is 46.4 Å². The zero-order valence-corrected chi connectivity index (χ0v) is 16.1. The minimum Gasteiger partial charge on any atom is -0.509 e. The second-order valence-electron chi connectivity index (χ2n) is 7.51. The molecule has 0 radical (unpaired) electrons. The SMILES string of the molecule is [C-]#[N+]c1ccc(-c2nnc(N[C@@H]3CCCN(C)C3)c3cc(C)ccc23)c(O)c1. The van der Waals surface area contributed by atoms with Crippen LogP contribution in [0.25, 0.3) is 26.9 Å². The molecule has 0 unspecified atom stereocenters. The van der Waals surface area contributed by atoms with Crippen molar-refractivity contribution in [2.24, 2.45) is 0 Å². The summed E-state index contributed by atoms with van der Waals surface area (Å²) >= 11 is 0. The molecule has 2 N–H and O–H groups in total. The molecule has 6 nitrogen and oxygen atoms in total. The molecule has 0 bridgehead atoms. The number of phenolic OH excluding ortho intramolecular Hbond substituents is 1. The highest BCUT2D eigenvalue weighted by Gasteiger charge is 2.20. The third-order valence-electron chi connectivity index (χ3n) is 5.27. The van der Waals surface area contributed by atoms with Gasteiger partial charge in [0.05, 0.1) is 6.57 Å². The molecular weight excluding hydrogens is 350 g/mol. The number of nitrogens with zero attached hydrogens (tertiary/aromatic N) is 4. The number of aromatic nitrogens is 2. The molecule has 0 spiro atoms. The third kappa shape index (κ3) is 3.49. The summed E-state index contributed by atoms with van der Waals surface area (Å²) in [4.78, 5) is 5.69. The Morgan fingerprint density at radius 3 is 2.79 bits per heavy atom. The summed E-state index contributed by atoms with van der Waals surface area (Å²) in [5.41, 5.74) is 2.74. The van der Waals surface area contributed by atoms with Crippen LogP contribution in [0.15, 0.2) is 36.4 Å². The van der Waals surface area contributed by atoms with Gasteiger partial charge in [0.2, 0.25) is 0 Å². The van der Waals surface area contributed by atoms with Crippen LogP contribution in [0.4, 0.5) is 11.5 Å². The fourth-order valence-electron chi connectivity index (χ4n) is 3.84. The van der Waals surface area contributed by atoms with Crippen LogP contribution in [0.2, 0.25) is 0 Å². The van der Waals surface area contributed by atoms with Crippen molar-refractivity contribution in [3.8, 4) is 17.0 Å². The number of piperidine rings is 1. The van der Waals surface area contributed by atoms with E-state index >= 15 is 0 Å². The molecule has 0 amide bonds. The van der Waals surface area contributed by atoms with E-state index < -0.39 is 0 Å². The van der Waals surface area contributed by atoms with Gasteiger partial charge in [-0.15, -0.1) is 10.2 Å². The molecule has 1 aliphatic rings. The topological polar surface area (TPSA) is 65.6 Å². The fourth-order valence-corrected chi connectivity index (χ4v) is 3.84. The van der Waals surface area contributed by atoms with Gasteiger partial charge in [0.1, 0.15) is 11.4 Å². The van der Waals surface area contributed by atoms with Crippen LogP contribution in [0.3, 0.4) is 0 Å². The second-order valence-corrected chi connectivity index (χ2v) is 7.51. The van der Waals surface area contributed by atoms with Crippen LogP contribution in [0, 0.1) is 13.5 Å². The minimum atomic E-state index is 0.0410. The summed E-state index contributed by atoms with van der Waals surface area (Å²) in [5, 5.41) is 24.8. The first-order valence-corrected chi connectivity index (χ1v) is 9.48. The lowest BCUT2D eigenvalue weighted by Gasteiger charge is -2.30. The number of likely N-dealkylation sites (tertiary alicyclic amines) is 1. The summed E-state index contributed by atoms with van der Waals surface area (Å²) in [7, 11) is 2.14. The third-order valence-corrected chi connectivity index (χ3v) is 5.27. The van der Waals surface area contributed by atoms with E-state index in [1.54, 1.807) is 12.1 Å². The lowest BCUT2D eigenvalue weighted by Crippen LogP contribution is -2.40. The average Bonchev–Trinajstić information content (AvgIpc) is 2.68. The van der Waals surface area contributed by atoms with Crippen LogP contribution in [0.1, 0.15) is 18.4 Å². The lowest BCUT2D eigenvalue weighted by atomic mass is 10.0. The Bertz CT molecular complexity index is 1070. The van der Waals surface area contributed by atoms with Crippen molar-refractivity contribution >= 4 is 22.3 Å². The number of benzene rings is 2. The highest BCUT2D eigenvalue weighted by Crippen LogP contribution is 2.37. The van der Waals surface area contributed by atoms with Crippen molar-refractivity contribution in [1.29, 1.82) is 0 Å². The highest BCUT2D eigenvalue weighted by atomic mass is 16.3. The molecule has 1 atom stereocenters. The molecule has 4 rings (SSSR count). The predicted molar refractivity (Wildman–Crippen MR) is 112 cm³/mol. The fraction of sp³-hybridized carbons (Fsp3) is 0.318. The second kappa shape index (κ2) is 7.45. The smallest absolute Gasteiger partial charge is 0.190 e. The summed E-state index contributed by atoms with van der Waals surface area (Å²) in [6.45, 7) is 11.3. The normalized spacial score (nSPS) is 17.4. The number of hydrogen-bond acceptors (Lipinski definition) is 5. The number of likely N-dealkylation sites (N-methyl/N-ethyl adjacent to an activating group) is 1. The van der Waals surface area contributed by atoms with Crippen LogP contribution < -0.4 is 5.32 Å². The van der Waals surface area contributed by atoms with Gasteiger partial charge in [0, 0.05) is 28.9 Å². The monoisotopic (exact) mass is 373 g/mol. The molecule has 1 saturated heterocycles. The Morgan fingerprint density at radius 2 is 2.04 bits per heavy atom. The molecule has 1 fully saturated rings. The molecule has 1 aromatic heterocycles. The quantitative estimate of drug-likeness (QED) is 0.668. The van der Waals surface area contributed by atoms with Gasteiger partial charge in [0.15, 0.2) is 11.5 Å². The highest BCUT2D eigenvalue weighted by molar-refractivity contribution is 6.01. The van der Waals surface area contributed by atoms with Gasteiger partial charge in [-0.25, -0.2) is 4.85 Å². The number of hydrogen-bond donors (Lipinski definition) is 2. The Hall–Kier alpha value is -3.17. The Kier molecular flexibility index (Phi) is 4.84. The first-order valence-electron chi connectivity index (χ1n) is 9.48. The molecule has 142 valence electrons. The molecule has 2 heterocycles. The first-order chi connectivity index (χ1) is 13.5. The summed E-state index contributed by atoms with van der Waals surface area (Å²) in [5.74, 6) is 0.819. The number of anilines is 1. The number of nitrogens with one attached hydrogen (secondary N) is 1. The van der Waals surface area contributed by atoms with E-state index in [0.29, 0.717) is 23.0 Å². The molecule has 0 saturated carbocycles.